The molecule has 0 fully saturated rings. The molecule has 39 heavy (non-hydrogen) atoms. The van der Waals surface area contributed by atoms with Crippen LogP contribution in [-0.2, 0) is 11.2 Å². The number of ether oxygens (including phenoxy) is 1. The van der Waals surface area contributed by atoms with Crippen LogP contribution < -0.4 is 15.5 Å². The van der Waals surface area contributed by atoms with E-state index in [0.717, 1.165) is 21.4 Å². The van der Waals surface area contributed by atoms with Crippen LogP contribution in [0.25, 0.3) is 5.69 Å². The molecule has 3 aromatic rings. The molecule has 9 nitrogen and oxygen atoms in total. The van der Waals surface area contributed by atoms with Gasteiger partial charge in [0.15, 0.2) is 0 Å². The lowest BCUT2D eigenvalue weighted by molar-refractivity contribution is -0.127. The van der Waals surface area contributed by atoms with Crippen molar-refractivity contribution in [3.05, 3.63) is 86.6 Å². The van der Waals surface area contributed by atoms with E-state index >= 15 is 0 Å². The van der Waals surface area contributed by atoms with Crippen molar-refractivity contribution in [2.45, 2.75) is 32.2 Å². The molecule has 1 unspecified atom stereocenters. The Kier molecular flexibility index (Phi) is 6.58. The SMILES string of the molecule is C=CC(=O)N1CCOc2nn(-c3ccc(C(C)C)cc3)c3c2C(C1)N(C(=O)c1ccc(Br)c2c1=NCN=2)CC3. The number of halogens is 1. The van der Waals surface area contributed by atoms with Gasteiger partial charge >= 0.3 is 0 Å². The van der Waals surface area contributed by atoms with Gasteiger partial charge < -0.3 is 14.5 Å². The molecule has 0 spiro atoms. The highest BCUT2D eigenvalue weighted by Crippen LogP contribution is 2.40. The van der Waals surface area contributed by atoms with Crippen molar-refractivity contribution in [3.63, 3.8) is 0 Å². The van der Waals surface area contributed by atoms with E-state index in [1.807, 2.05) is 15.6 Å². The number of hydrogen-bond donors (Lipinski definition) is 0. The average molecular weight is 589 g/mol. The van der Waals surface area contributed by atoms with Crippen molar-refractivity contribution in [1.29, 1.82) is 0 Å². The van der Waals surface area contributed by atoms with E-state index in [1.165, 1.54) is 11.6 Å². The van der Waals surface area contributed by atoms with Crippen molar-refractivity contribution in [1.82, 2.24) is 19.6 Å². The van der Waals surface area contributed by atoms with E-state index < -0.39 is 6.04 Å². The number of hydrogen-bond acceptors (Lipinski definition) is 6. The fraction of sp³-hybridized carbons (Fsp3) is 0.345. The molecule has 2 aromatic carbocycles. The van der Waals surface area contributed by atoms with Gasteiger partial charge in [-0.3, -0.25) is 19.6 Å². The predicted molar refractivity (Wildman–Crippen MR) is 149 cm³/mol. The Morgan fingerprint density at radius 2 is 1.87 bits per heavy atom. The molecule has 1 aromatic heterocycles. The number of carbonyl (C=O) groups excluding carboxylic acids is 2. The van der Waals surface area contributed by atoms with Crippen LogP contribution in [0.2, 0.25) is 0 Å². The standard InChI is InChI=1S/C29H29BrN6O3/c1-4-24(37)34-13-14-39-28-25-22(36(33-28)19-7-5-18(6-8-19)17(2)3)11-12-35(23(25)15-34)29(38)20-9-10-21(30)27-26(20)31-16-32-27/h4-10,17,23H,1,11-16H2,2-3H3. The van der Waals surface area contributed by atoms with E-state index in [4.69, 9.17) is 9.84 Å². The number of fused-ring (bicyclic) bond motifs is 1. The van der Waals surface area contributed by atoms with Crippen molar-refractivity contribution in [2.24, 2.45) is 9.98 Å². The Morgan fingerprint density at radius 3 is 2.62 bits per heavy atom. The van der Waals surface area contributed by atoms with Gasteiger partial charge in [0.25, 0.3) is 5.91 Å². The van der Waals surface area contributed by atoms with Crippen LogP contribution in [0.4, 0.5) is 0 Å². The summed E-state index contributed by atoms with van der Waals surface area (Å²) in [6, 6.07) is 11.6. The van der Waals surface area contributed by atoms with Gasteiger partial charge in [0.2, 0.25) is 11.8 Å². The fourth-order valence-corrected chi connectivity index (χ4v) is 6.01. The molecular weight excluding hydrogens is 560 g/mol. The Bertz CT molecular complexity index is 1610. The molecule has 0 saturated heterocycles. The van der Waals surface area contributed by atoms with E-state index in [0.29, 0.717) is 67.4 Å². The smallest absolute Gasteiger partial charge is 0.256 e. The van der Waals surface area contributed by atoms with Gasteiger partial charge in [-0.1, -0.05) is 32.6 Å². The Labute approximate surface area is 234 Å². The van der Waals surface area contributed by atoms with Crippen molar-refractivity contribution >= 4 is 27.7 Å². The highest BCUT2D eigenvalue weighted by molar-refractivity contribution is 9.10. The van der Waals surface area contributed by atoms with Gasteiger partial charge in [-0.25, -0.2) is 4.68 Å². The third kappa shape index (κ3) is 4.36. The third-order valence-corrected chi connectivity index (χ3v) is 8.26. The summed E-state index contributed by atoms with van der Waals surface area (Å²) >= 11 is 3.52. The predicted octanol–water partition coefficient (Wildman–Crippen LogP) is 3.12. The lowest BCUT2D eigenvalue weighted by atomic mass is 9.95. The second kappa shape index (κ2) is 10.1. The minimum Gasteiger partial charge on any atom is -0.474 e. The summed E-state index contributed by atoms with van der Waals surface area (Å²) in [4.78, 5) is 39.3. The largest absolute Gasteiger partial charge is 0.474 e. The number of amides is 2. The molecule has 6 rings (SSSR count). The van der Waals surface area contributed by atoms with Gasteiger partial charge in [0, 0.05) is 24.0 Å². The zero-order valence-corrected chi connectivity index (χ0v) is 23.5. The molecule has 10 heteroatoms. The van der Waals surface area contributed by atoms with Crippen molar-refractivity contribution < 1.29 is 14.3 Å². The molecule has 0 aliphatic carbocycles. The highest BCUT2D eigenvalue weighted by Gasteiger charge is 2.40. The first kappa shape index (κ1) is 25.5. The summed E-state index contributed by atoms with van der Waals surface area (Å²) in [5.74, 6) is 0.584. The summed E-state index contributed by atoms with van der Waals surface area (Å²) < 4.78 is 8.89. The molecule has 3 aliphatic heterocycles. The number of benzene rings is 2. The van der Waals surface area contributed by atoms with Crippen LogP contribution in [0.3, 0.4) is 0 Å². The molecular formula is C29H29BrN6O3. The Hall–Kier alpha value is -3.79. The number of aromatic nitrogens is 2. The second-order valence-electron chi connectivity index (χ2n) is 10.2. The van der Waals surface area contributed by atoms with E-state index in [2.05, 4.69) is 70.6 Å². The maximum atomic E-state index is 14.1. The van der Waals surface area contributed by atoms with Gasteiger partial charge in [0.1, 0.15) is 13.3 Å². The zero-order valence-electron chi connectivity index (χ0n) is 21.9. The first-order chi connectivity index (χ1) is 18.9. The number of rotatable bonds is 4. The highest BCUT2D eigenvalue weighted by atomic mass is 79.9. The summed E-state index contributed by atoms with van der Waals surface area (Å²) in [6.45, 7) is 9.76. The fourth-order valence-electron chi connectivity index (χ4n) is 5.56. The average Bonchev–Trinajstić information content (AvgIpc) is 3.57. The van der Waals surface area contributed by atoms with Crippen LogP contribution in [0.15, 0.2) is 63.5 Å². The quantitative estimate of drug-likeness (QED) is 0.438. The molecule has 200 valence electrons. The van der Waals surface area contributed by atoms with Gasteiger partial charge in [-0.2, -0.15) is 0 Å². The van der Waals surface area contributed by atoms with Gasteiger partial charge in [0.05, 0.1) is 45.8 Å². The van der Waals surface area contributed by atoms with Crippen LogP contribution in [-0.4, -0.2) is 64.3 Å². The van der Waals surface area contributed by atoms with Crippen molar-refractivity contribution in [3.8, 4) is 11.6 Å². The topological polar surface area (TPSA) is 92.4 Å². The second-order valence-corrected chi connectivity index (χ2v) is 11.0. The third-order valence-electron chi connectivity index (χ3n) is 7.62. The first-order valence-electron chi connectivity index (χ1n) is 13.1. The van der Waals surface area contributed by atoms with E-state index in [-0.39, 0.29) is 11.8 Å². The number of nitrogens with zero attached hydrogens (tertiary/aromatic N) is 6. The molecule has 0 radical (unpaired) electrons. The monoisotopic (exact) mass is 588 g/mol. The summed E-state index contributed by atoms with van der Waals surface area (Å²) in [5.41, 5.74) is 4.53. The molecule has 4 heterocycles. The van der Waals surface area contributed by atoms with Crippen LogP contribution >= 0.6 is 15.9 Å². The molecule has 0 bridgehead atoms. The van der Waals surface area contributed by atoms with Crippen LogP contribution in [0, 0.1) is 0 Å². The summed E-state index contributed by atoms with van der Waals surface area (Å²) in [5, 5.41) is 6.17. The Balaban J connectivity index is 1.46. The minimum absolute atomic E-state index is 0.151. The maximum absolute atomic E-state index is 14.1. The zero-order chi connectivity index (χ0) is 27.3. The lowest BCUT2D eigenvalue weighted by Gasteiger charge is -2.39. The molecule has 0 saturated carbocycles. The summed E-state index contributed by atoms with van der Waals surface area (Å²) in [6.07, 6.45) is 1.90. The molecule has 1 atom stereocenters. The van der Waals surface area contributed by atoms with E-state index in [1.54, 1.807) is 11.0 Å². The minimum atomic E-state index is -0.443. The summed E-state index contributed by atoms with van der Waals surface area (Å²) in [7, 11) is 0. The molecule has 2 amide bonds. The van der Waals surface area contributed by atoms with Gasteiger partial charge in [-0.15, -0.1) is 5.10 Å². The van der Waals surface area contributed by atoms with E-state index in [9.17, 15) is 9.59 Å². The first-order valence-corrected chi connectivity index (χ1v) is 13.9. The maximum Gasteiger partial charge on any atom is 0.256 e. The lowest BCUT2D eigenvalue weighted by Crippen LogP contribution is -2.49. The van der Waals surface area contributed by atoms with Gasteiger partial charge in [-0.05, 0) is 57.8 Å². The van der Waals surface area contributed by atoms with Crippen molar-refractivity contribution in [2.75, 3.05) is 32.9 Å². The normalized spacial score (nSPS) is 17.8. The number of carbonyl (C=O) groups is 2. The molecule has 3 aliphatic rings. The van der Waals surface area contributed by atoms with Crippen LogP contribution in [0.5, 0.6) is 5.88 Å². The Morgan fingerprint density at radius 1 is 1.10 bits per heavy atom. The van der Waals surface area contributed by atoms with Crippen LogP contribution in [0.1, 0.15) is 53.0 Å². The molecule has 0 N–H and O–H groups in total.